The molecule has 120 valence electrons. The molecule has 3 N–H and O–H groups in total. The summed E-state index contributed by atoms with van der Waals surface area (Å²) >= 11 is 0. The molecule has 1 aromatic carbocycles. The molecule has 0 aliphatic rings. The summed E-state index contributed by atoms with van der Waals surface area (Å²) in [5.74, 6) is 1.04. The monoisotopic (exact) mass is 405 g/mol. The summed E-state index contributed by atoms with van der Waals surface area (Å²) in [6.07, 6.45) is 0.891. The summed E-state index contributed by atoms with van der Waals surface area (Å²) < 4.78 is 5.50. The van der Waals surface area contributed by atoms with Gasteiger partial charge in [0.1, 0.15) is 0 Å². The number of nitrogens with zero attached hydrogens (tertiary/aromatic N) is 1. The van der Waals surface area contributed by atoms with Crippen LogP contribution in [0.1, 0.15) is 31.4 Å². The van der Waals surface area contributed by atoms with E-state index in [1.807, 2.05) is 0 Å². The fraction of sp³-hybridized carbons (Fsp3) is 0.562. The van der Waals surface area contributed by atoms with Crippen LogP contribution in [-0.4, -0.2) is 25.7 Å². The van der Waals surface area contributed by atoms with E-state index in [9.17, 15) is 0 Å². The molecule has 4 nitrogen and oxygen atoms in total. The van der Waals surface area contributed by atoms with Crippen molar-refractivity contribution in [1.29, 1.82) is 0 Å². The van der Waals surface area contributed by atoms with Gasteiger partial charge in [-0.1, -0.05) is 19.9 Å². The summed E-state index contributed by atoms with van der Waals surface area (Å²) in [6, 6.07) is 6.24. The molecule has 0 spiro atoms. The van der Waals surface area contributed by atoms with Crippen LogP contribution in [0, 0.1) is 19.8 Å². The predicted molar refractivity (Wildman–Crippen MR) is 102 cm³/mol. The summed E-state index contributed by atoms with van der Waals surface area (Å²) in [4.78, 5) is 4.30. The molecular formula is C16H28IN3O. The van der Waals surface area contributed by atoms with Gasteiger partial charge in [-0.15, -0.1) is 24.0 Å². The van der Waals surface area contributed by atoms with Gasteiger partial charge >= 0.3 is 0 Å². The Bertz CT molecular complexity index is 427. The molecule has 0 saturated heterocycles. The lowest BCUT2D eigenvalue weighted by molar-refractivity contribution is 0.109. The highest BCUT2D eigenvalue weighted by molar-refractivity contribution is 14.0. The SMILES string of the molecule is Cc1cc(C)cc(NC(N)=NCCCOCC(C)C)c1.I. The van der Waals surface area contributed by atoms with Crippen LogP contribution in [0.15, 0.2) is 23.2 Å². The number of aliphatic imine (C=N–C) groups is 1. The van der Waals surface area contributed by atoms with Crippen LogP contribution in [0.5, 0.6) is 0 Å². The zero-order valence-electron chi connectivity index (χ0n) is 13.5. The Labute approximate surface area is 145 Å². The van der Waals surface area contributed by atoms with Crippen molar-refractivity contribution >= 4 is 35.6 Å². The summed E-state index contributed by atoms with van der Waals surface area (Å²) in [5, 5.41) is 3.12. The molecule has 5 heteroatoms. The van der Waals surface area contributed by atoms with Crippen LogP contribution >= 0.6 is 24.0 Å². The van der Waals surface area contributed by atoms with Crippen molar-refractivity contribution in [3.63, 3.8) is 0 Å². The molecule has 0 fully saturated rings. The number of anilines is 1. The van der Waals surface area contributed by atoms with Crippen molar-refractivity contribution in [1.82, 2.24) is 0 Å². The first-order chi connectivity index (χ1) is 9.47. The van der Waals surface area contributed by atoms with E-state index in [2.05, 4.69) is 56.2 Å². The highest BCUT2D eigenvalue weighted by Gasteiger charge is 1.98. The third-order valence-electron chi connectivity index (χ3n) is 2.67. The molecule has 0 aromatic heterocycles. The van der Waals surface area contributed by atoms with E-state index >= 15 is 0 Å². The van der Waals surface area contributed by atoms with Gasteiger partial charge < -0.3 is 15.8 Å². The summed E-state index contributed by atoms with van der Waals surface area (Å²) in [5.41, 5.74) is 9.27. The molecule has 0 bridgehead atoms. The van der Waals surface area contributed by atoms with E-state index in [0.29, 0.717) is 18.4 Å². The van der Waals surface area contributed by atoms with Crippen LogP contribution in [0.2, 0.25) is 0 Å². The highest BCUT2D eigenvalue weighted by atomic mass is 127. The van der Waals surface area contributed by atoms with Gasteiger partial charge in [-0.25, -0.2) is 0 Å². The number of nitrogens with one attached hydrogen (secondary N) is 1. The molecule has 1 rings (SSSR count). The van der Waals surface area contributed by atoms with Gasteiger partial charge in [0.2, 0.25) is 0 Å². The third kappa shape index (κ3) is 9.68. The fourth-order valence-corrected chi connectivity index (χ4v) is 1.92. The predicted octanol–water partition coefficient (Wildman–Crippen LogP) is 3.71. The van der Waals surface area contributed by atoms with Crippen molar-refractivity contribution in [3.8, 4) is 0 Å². The van der Waals surface area contributed by atoms with E-state index in [1.165, 1.54) is 11.1 Å². The Morgan fingerprint density at radius 2 is 1.86 bits per heavy atom. The second-order valence-corrected chi connectivity index (χ2v) is 5.59. The average Bonchev–Trinajstić information content (AvgIpc) is 2.31. The van der Waals surface area contributed by atoms with Gasteiger partial charge in [0.05, 0.1) is 0 Å². The van der Waals surface area contributed by atoms with Crippen molar-refractivity contribution in [3.05, 3.63) is 29.3 Å². The molecule has 0 radical (unpaired) electrons. The lowest BCUT2D eigenvalue weighted by atomic mass is 10.1. The Hall–Kier alpha value is -0.820. The van der Waals surface area contributed by atoms with Gasteiger partial charge in [0.25, 0.3) is 0 Å². The minimum atomic E-state index is 0. The lowest BCUT2D eigenvalue weighted by Gasteiger charge is -2.08. The van der Waals surface area contributed by atoms with Crippen LogP contribution in [0.3, 0.4) is 0 Å². The Balaban J connectivity index is 0.00000400. The maximum Gasteiger partial charge on any atom is 0.193 e. The zero-order chi connectivity index (χ0) is 15.0. The fourth-order valence-electron chi connectivity index (χ4n) is 1.92. The van der Waals surface area contributed by atoms with Crippen LogP contribution in [0.25, 0.3) is 0 Å². The maximum absolute atomic E-state index is 5.87. The Morgan fingerprint density at radius 1 is 1.24 bits per heavy atom. The van der Waals surface area contributed by atoms with Crippen molar-refractivity contribution in [2.75, 3.05) is 25.1 Å². The number of hydrogen-bond donors (Lipinski definition) is 2. The smallest absolute Gasteiger partial charge is 0.193 e. The summed E-state index contributed by atoms with van der Waals surface area (Å²) in [6.45, 7) is 10.6. The molecular weight excluding hydrogens is 377 g/mol. The standard InChI is InChI=1S/C16H27N3O.HI/c1-12(2)11-20-7-5-6-18-16(17)19-15-9-13(3)8-14(4)10-15;/h8-10,12H,5-7,11H2,1-4H3,(H3,17,18,19);1H. The number of guanidine groups is 1. The Kier molecular flexibility index (Phi) is 10.4. The molecule has 0 atom stereocenters. The van der Waals surface area contributed by atoms with Gasteiger partial charge in [-0.2, -0.15) is 0 Å². The van der Waals surface area contributed by atoms with Crippen LogP contribution in [0.4, 0.5) is 5.69 Å². The second kappa shape index (κ2) is 10.8. The largest absolute Gasteiger partial charge is 0.381 e. The second-order valence-electron chi connectivity index (χ2n) is 5.59. The zero-order valence-corrected chi connectivity index (χ0v) is 15.8. The van der Waals surface area contributed by atoms with Gasteiger partial charge in [0.15, 0.2) is 5.96 Å². The topological polar surface area (TPSA) is 59.6 Å². The molecule has 0 saturated carbocycles. The van der Waals surface area contributed by atoms with Gasteiger partial charge in [0, 0.05) is 25.4 Å². The van der Waals surface area contributed by atoms with Gasteiger partial charge in [-0.05, 0) is 49.4 Å². The summed E-state index contributed by atoms with van der Waals surface area (Å²) in [7, 11) is 0. The van der Waals surface area contributed by atoms with Crippen LogP contribution in [-0.2, 0) is 4.74 Å². The van der Waals surface area contributed by atoms with Crippen molar-refractivity contribution in [2.24, 2.45) is 16.6 Å². The first kappa shape index (κ1) is 20.2. The van der Waals surface area contributed by atoms with E-state index in [0.717, 1.165) is 25.3 Å². The molecule has 21 heavy (non-hydrogen) atoms. The molecule has 0 amide bonds. The number of ether oxygens (including phenoxy) is 1. The van der Waals surface area contributed by atoms with Crippen molar-refractivity contribution in [2.45, 2.75) is 34.1 Å². The normalized spacial score (nSPS) is 11.4. The average molecular weight is 405 g/mol. The first-order valence-electron chi connectivity index (χ1n) is 7.20. The van der Waals surface area contributed by atoms with E-state index in [-0.39, 0.29) is 24.0 Å². The molecule has 0 aliphatic carbocycles. The lowest BCUT2D eigenvalue weighted by Crippen LogP contribution is -2.23. The van der Waals surface area contributed by atoms with Crippen LogP contribution < -0.4 is 11.1 Å². The number of aryl methyl sites for hydroxylation is 2. The minimum absolute atomic E-state index is 0. The van der Waals surface area contributed by atoms with Crippen molar-refractivity contribution < 1.29 is 4.74 Å². The molecule has 0 heterocycles. The third-order valence-corrected chi connectivity index (χ3v) is 2.67. The van der Waals surface area contributed by atoms with Gasteiger partial charge in [-0.3, -0.25) is 4.99 Å². The first-order valence-corrected chi connectivity index (χ1v) is 7.20. The quantitative estimate of drug-likeness (QED) is 0.315. The van der Waals surface area contributed by atoms with E-state index < -0.39 is 0 Å². The molecule has 1 aromatic rings. The number of hydrogen-bond acceptors (Lipinski definition) is 2. The van der Waals surface area contributed by atoms with E-state index in [1.54, 1.807) is 0 Å². The number of rotatable bonds is 7. The Morgan fingerprint density at radius 3 is 2.43 bits per heavy atom. The molecule has 0 unspecified atom stereocenters. The number of halogens is 1. The maximum atomic E-state index is 5.87. The minimum Gasteiger partial charge on any atom is -0.381 e. The molecule has 0 aliphatic heterocycles. The number of benzene rings is 1. The number of nitrogens with two attached hydrogens (primary N) is 1. The highest BCUT2D eigenvalue weighted by Crippen LogP contribution is 2.13. The van der Waals surface area contributed by atoms with E-state index in [4.69, 9.17) is 10.5 Å².